The summed E-state index contributed by atoms with van der Waals surface area (Å²) in [7, 11) is -5.73. The van der Waals surface area contributed by atoms with E-state index >= 15 is 0 Å². The molecule has 7 heteroatoms. The lowest BCUT2D eigenvalue weighted by atomic mass is 9.96. The molecule has 0 aromatic rings. The van der Waals surface area contributed by atoms with E-state index in [0.29, 0.717) is 17.9 Å². The predicted molar refractivity (Wildman–Crippen MR) is 77.8 cm³/mol. The molecule has 0 bridgehead atoms. The molecular formula is C12H25NO4S2. The Bertz CT molecular complexity index is 470. The maximum Gasteiger partial charge on any atom is 0.150 e. The van der Waals surface area contributed by atoms with Gasteiger partial charge in [-0.2, -0.15) is 0 Å². The van der Waals surface area contributed by atoms with Gasteiger partial charge in [-0.15, -0.1) is 0 Å². The molecule has 0 radical (unpaired) electrons. The first-order chi connectivity index (χ1) is 8.72. The van der Waals surface area contributed by atoms with Crippen LogP contribution in [0.5, 0.6) is 0 Å². The topological polar surface area (TPSA) is 80.3 Å². The molecule has 0 aliphatic carbocycles. The number of nitrogens with one attached hydrogen (secondary N) is 1. The Morgan fingerprint density at radius 2 is 2.05 bits per heavy atom. The molecule has 114 valence electrons. The molecule has 2 atom stereocenters. The normalized spacial score (nSPS) is 24.4. The largest absolute Gasteiger partial charge is 0.314 e. The maximum absolute atomic E-state index is 11.4. The summed E-state index contributed by atoms with van der Waals surface area (Å²) in [5.74, 6) is 1.03. The Kier molecular flexibility index (Phi) is 6.26. The van der Waals surface area contributed by atoms with Crippen LogP contribution in [0, 0.1) is 5.92 Å². The molecule has 1 saturated heterocycles. The zero-order chi connectivity index (χ0) is 14.5. The van der Waals surface area contributed by atoms with E-state index < -0.39 is 19.7 Å². The summed E-state index contributed by atoms with van der Waals surface area (Å²) in [6.07, 6.45) is 4.25. The summed E-state index contributed by atoms with van der Waals surface area (Å²) in [5.41, 5.74) is 0. The van der Waals surface area contributed by atoms with Gasteiger partial charge >= 0.3 is 0 Å². The number of hydrogen-bond donors (Lipinski definition) is 1. The van der Waals surface area contributed by atoms with Crippen LogP contribution >= 0.6 is 0 Å². The minimum atomic E-state index is -2.90. The van der Waals surface area contributed by atoms with Crippen molar-refractivity contribution in [3.8, 4) is 0 Å². The molecule has 0 aromatic heterocycles. The highest BCUT2D eigenvalue weighted by Gasteiger charge is 2.29. The SMILES string of the molecule is CCNC(CCCS(C)(=O)=O)CC1CCS(=O)(=O)C1. The van der Waals surface area contributed by atoms with Gasteiger partial charge in [0.1, 0.15) is 9.84 Å². The Morgan fingerprint density at radius 3 is 2.53 bits per heavy atom. The monoisotopic (exact) mass is 311 g/mol. The van der Waals surface area contributed by atoms with Crippen LogP contribution in [-0.4, -0.2) is 52.9 Å². The number of sulfone groups is 2. The van der Waals surface area contributed by atoms with Crippen molar-refractivity contribution in [1.82, 2.24) is 5.32 Å². The molecule has 0 spiro atoms. The molecule has 1 N–H and O–H groups in total. The Morgan fingerprint density at radius 1 is 1.37 bits per heavy atom. The lowest BCUT2D eigenvalue weighted by Gasteiger charge is -2.20. The molecule has 1 fully saturated rings. The van der Waals surface area contributed by atoms with Crippen molar-refractivity contribution in [1.29, 1.82) is 0 Å². The van der Waals surface area contributed by atoms with Crippen molar-refractivity contribution in [3.05, 3.63) is 0 Å². The van der Waals surface area contributed by atoms with Crippen molar-refractivity contribution in [2.45, 2.75) is 38.6 Å². The molecule has 1 aliphatic rings. The van der Waals surface area contributed by atoms with E-state index in [1.165, 1.54) is 6.26 Å². The van der Waals surface area contributed by atoms with E-state index in [9.17, 15) is 16.8 Å². The summed E-state index contributed by atoms with van der Waals surface area (Å²) in [6, 6.07) is 0.227. The van der Waals surface area contributed by atoms with Crippen LogP contribution in [0.25, 0.3) is 0 Å². The van der Waals surface area contributed by atoms with Crippen LogP contribution in [-0.2, 0) is 19.7 Å². The second-order valence-corrected chi connectivity index (χ2v) is 10.0. The maximum atomic E-state index is 11.4. The van der Waals surface area contributed by atoms with Crippen molar-refractivity contribution < 1.29 is 16.8 Å². The third kappa shape index (κ3) is 7.27. The summed E-state index contributed by atoms with van der Waals surface area (Å²) in [6.45, 7) is 2.83. The van der Waals surface area contributed by atoms with Crippen LogP contribution in [0.3, 0.4) is 0 Å². The van der Waals surface area contributed by atoms with E-state index in [-0.39, 0.29) is 17.7 Å². The fraction of sp³-hybridized carbons (Fsp3) is 1.00. The van der Waals surface area contributed by atoms with Crippen molar-refractivity contribution in [2.75, 3.05) is 30.1 Å². The zero-order valence-corrected chi connectivity index (χ0v) is 13.4. The average molecular weight is 311 g/mol. The van der Waals surface area contributed by atoms with Gasteiger partial charge in [-0.25, -0.2) is 16.8 Å². The van der Waals surface area contributed by atoms with Crippen LogP contribution in [0.1, 0.15) is 32.6 Å². The van der Waals surface area contributed by atoms with Gasteiger partial charge in [-0.3, -0.25) is 0 Å². The molecule has 1 heterocycles. The fourth-order valence-corrected chi connectivity index (χ4v) is 5.22. The lowest BCUT2D eigenvalue weighted by molar-refractivity contribution is 0.390. The highest BCUT2D eigenvalue weighted by Crippen LogP contribution is 2.24. The second kappa shape index (κ2) is 7.04. The Hall–Kier alpha value is -0.140. The number of hydrogen-bond acceptors (Lipinski definition) is 5. The Labute approximate surface area is 117 Å². The van der Waals surface area contributed by atoms with Crippen LogP contribution in [0.4, 0.5) is 0 Å². The minimum absolute atomic E-state index is 0.206. The molecule has 1 aliphatic heterocycles. The predicted octanol–water partition coefficient (Wildman–Crippen LogP) is 0.614. The van der Waals surface area contributed by atoms with Gasteiger partial charge in [0, 0.05) is 18.1 Å². The van der Waals surface area contributed by atoms with Gasteiger partial charge < -0.3 is 5.32 Å². The summed E-state index contributed by atoms with van der Waals surface area (Å²) in [4.78, 5) is 0. The quantitative estimate of drug-likeness (QED) is 0.710. The van der Waals surface area contributed by atoms with E-state index in [1.807, 2.05) is 6.92 Å². The molecule has 0 aromatic carbocycles. The van der Waals surface area contributed by atoms with Crippen molar-refractivity contribution in [3.63, 3.8) is 0 Å². The second-order valence-electron chi connectivity index (χ2n) is 5.53. The summed E-state index contributed by atoms with van der Waals surface area (Å²) >= 11 is 0. The molecule has 5 nitrogen and oxygen atoms in total. The number of rotatable bonds is 8. The molecule has 0 amide bonds. The van der Waals surface area contributed by atoms with Crippen LogP contribution in [0.2, 0.25) is 0 Å². The van der Waals surface area contributed by atoms with Gasteiger partial charge in [0.15, 0.2) is 9.84 Å². The summed E-state index contributed by atoms with van der Waals surface area (Å²) < 4.78 is 45.1. The van der Waals surface area contributed by atoms with E-state index in [0.717, 1.165) is 25.8 Å². The first-order valence-electron chi connectivity index (χ1n) is 6.83. The van der Waals surface area contributed by atoms with Crippen LogP contribution < -0.4 is 5.32 Å². The zero-order valence-electron chi connectivity index (χ0n) is 11.8. The third-order valence-corrected chi connectivity index (χ3v) is 6.37. The molecule has 1 rings (SSSR count). The fourth-order valence-electron chi connectivity index (χ4n) is 2.64. The van der Waals surface area contributed by atoms with Gasteiger partial charge in [0.25, 0.3) is 0 Å². The summed E-state index contributed by atoms with van der Waals surface area (Å²) in [5, 5.41) is 3.33. The smallest absolute Gasteiger partial charge is 0.150 e. The van der Waals surface area contributed by atoms with E-state index in [1.54, 1.807) is 0 Å². The van der Waals surface area contributed by atoms with Gasteiger partial charge in [0.05, 0.1) is 11.5 Å². The molecule has 2 unspecified atom stereocenters. The molecular weight excluding hydrogens is 286 g/mol. The third-order valence-electron chi connectivity index (χ3n) is 3.51. The van der Waals surface area contributed by atoms with Crippen LogP contribution in [0.15, 0.2) is 0 Å². The first kappa shape index (κ1) is 16.9. The van der Waals surface area contributed by atoms with Crippen molar-refractivity contribution >= 4 is 19.7 Å². The Balaban J connectivity index is 2.40. The minimum Gasteiger partial charge on any atom is -0.314 e. The van der Waals surface area contributed by atoms with Gasteiger partial charge in [-0.1, -0.05) is 6.92 Å². The standard InChI is InChI=1S/C12H25NO4S2/c1-3-13-12(5-4-7-18(2,14)15)9-11-6-8-19(16,17)10-11/h11-13H,3-10H2,1-2H3. The molecule has 0 saturated carbocycles. The van der Waals surface area contributed by atoms with Gasteiger partial charge in [-0.05, 0) is 38.1 Å². The van der Waals surface area contributed by atoms with Crippen molar-refractivity contribution in [2.24, 2.45) is 5.92 Å². The van der Waals surface area contributed by atoms with E-state index in [2.05, 4.69) is 5.32 Å². The van der Waals surface area contributed by atoms with E-state index in [4.69, 9.17) is 0 Å². The highest BCUT2D eigenvalue weighted by atomic mass is 32.2. The molecule has 19 heavy (non-hydrogen) atoms. The highest BCUT2D eigenvalue weighted by molar-refractivity contribution is 7.91. The average Bonchev–Trinajstić information content (AvgIpc) is 2.56. The first-order valence-corrected chi connectivity index (χ1v) is 10.7. The van der Waals surface area contributed by atoms with Gasteiger partial charge in [0.2, 0.25) is 0 Å². The lowest BCUT2D eigenvalue weighted by Crippen LogP contribution is -2.31.